The Balaban J connectivity index is 2.08. The average Bonchev–Trinajstić information content (AvgIpc) is 2.54. The van der Waals surface area contributed by atoms with E-state index in [0.717, 1.165) is 30.9 Å². The number of rotatable bonds is 1. The number of ether oxygens (including phenoxy) is 1. The molecule has 66 valence electrons. The number of nitrogens with zero attached hydrogens (tertiary/aromatic N) is 2. The number of hydrogen-bond donors (Lipinski definition) is 0. The van der Waals surface area contributed by atoms with Crippen LogP contribution >= 0.6 is 15.9 Å². The molecule has 0 radical (unpaired) electrons. The van der Waals surface area contributed by atoms with E-state index in [1.165, 1.54) is 0 Å². The van der Waals surface area contributed by atoms with E-state index in [1.54, 1.807) is 6.26 Å². The van der Waals surface area contributed by atoms with Gasteiger partial charge in [-0.2, -0.15) is 4.98 Å². The zero-order chi connectivity index (χ0) is 8.39. The molecule has 1 saturated heterocycles. The van der Waals surface area contributed by atoms with Crippen LogP contribution in [0.1, 0.15) is 0 Å². The maximum Gasteiger partial charge on any atom is 0.298 e. The highest BCUT2D eigenvalue weighted by Gasteiger charge is 2.15. The van der Waals surface area contributed by atoms with Gasteiger partial charge in [0.1, 0.15) is 10.9 Å². The third-order valence-electron chi connectivity index (χ3n) is 1.75. The molecule has 5 heteroatoms. The zero-order valence-electron chi connectivity index (χ0n) is 6.49. The van der Waals surface area contributed by atoms with Gasteiger partial charge in [0.05, 0.1) is 13.2 Å². The molecule has 4 nitrogen and oxygen atoms in total. The Labute approximate surface area is 78.6 Å². The van der Waals surface area contributed by atoms with Crippen molar-refractivity contribution in [3.8, 4) is 0 Å². The van der Waals surface area contributed by atoms with Gasteiger partial charge in [0.2, 0.25) is 0 Å². The van der Waals surface area contributed by atoms with Crippen molar-refractivity contribution in [1.29, 1.82) is 0 Å². The van der Waals surface area contributed by atoms with E-state index in [4.69, 9.17) is 9.15 Å². The molecule has 2 rings (SSSR count). The molecule has 0 saturated carbocycles. The molecule has 0 aromatic carbocycles. The molecule has 0 unspecified atom stereocenters. The summed E-state index contributed by atoms with van der Waals surface area (Å²) in [6, 6.07) is 0.671. The Kier molecular flexibility index (Phi) is 2.32. The van der Waals surface area contributed by atoms with Gasteiger partial charge in [0.15, 0.2) is 0 Å². The first kappa shape index (κ1) is 8.07. The molecular formula is C7H9BrN2O2. The van der Waals surface area contributed by atoms with Gasteiger partial charge < -0.3 is 14.1 Å². The Morgan fingerprint density at radius 2 is 2.17 bits per heavy atom. The lowest BCUT2D eigenvalue weighted by Gasteiger charge is -2.24. The normalized spacial score (nSPS) is 18.2. The lowest BCUT2D eigenvalue weighted by atomic mass is 10.5. The van der Waals surface area contributed by atoms with E-state index in [9.17, 15) is 0 Å². The van der Waals surface area contributed by atoms with Crippen molar-refractivity contribution in [2.75, 3.05) is 31.2 Å². The van der Waals surface area contributed by atoms with Gasteiger partial charge in [-0.1, -0.05) is 0 Å². The molecule has 1 aliphatic heterocycles. The van der Waals surface area contributed by atoms with Crippen LogP contribution in [-0.4, -0.2) is 31.3 Å². The Bertz CT molecular complexity index is 258. The molecule has 0 amide bonds. The smallest absolute Gasteiger partial charge is 0.298 e. The highest BCUT2D eigenvalue weighted by molar-refractivity contribution is 9.10. The third kappa shape index (κ3) is 1.61. The summed E-state index contributed by atoms with van der Waals surface area (Å²) in [6.07, 6.45) is 1.59. The predicted octanol–water partition coefficient (Wildman–Crippen LogP) is 1.27. The first-order valence-corrected chi connectivity index (χ1v) is 4.59. The van der Waals surface area contributed by atoms with Crippen LogP contribution in [0.2, 0.25) is 0 Å². The van der Waals surface area contributed by atoms with E-state index < -0.39 is 0 Å². The molecule has 0 N–H and O–H groups in total. The van der Waals surface area contributed by atoms with E-state index in [1.807, 2.05) is 0 Å². The van der Waals surface area contributed by atoms with Crippen LogP contribution in [0.4, 0.5) is 6.01 Å². The Morgan fingerprint density at radius 3 is 2.75 bits per heavy atom. The second-order valence-corrected chi connectivity index (χ2v) is 3.36. The fourth-order valence-electron chi connectivity index (χ4n) is 1.15. The maximum atomic E-state index is 5.22. The summed E-state index contributed by atoms with van der Waals surface area (Å²) in [7, 11) is 0. The van der Waals surface area contributed by atoms with Gasteiger partial charge in [-0.3, -0.25) is 0 Å². The molecule has 1 fully saturated rings. The first-order valence-electron chi connectivity index (χ1n) is 3.80. The fourth-order valence-corrected chi connectivity index (χ4v) is 1.39. The summed E-state index contributed by atoms with van der Waals surface area (Å²) >= 11 is 3.24. The van der Waals surface area contributed by atoms with Gasteiger partial charge in [0.25, 0.3) is 6.01 Å². The zero-order valence-corrected chi connectivity index (χ0v) is 8.08. The highest BCUT2D eigenvalue weighted by atomic mass is 79.9. The molecule has 12 heavy (non-hydrogen) atoms. The van der Waals surface area contributed by atoms with Gasteiger partial charge >= 0.3 is 0 Å². The second kappa shape index (κ2) is 3.45. The number of hydrogen-bond acceptors (Lipinski definition) is 4. The third-order valence-corrected chi connectivity index (χ3v) is 2.11. The van der Waals surface area contributed by atoms with Gasteiger partial charge in [0, 0.05) is 13.1 Å². The van der Waals surface area contributed by atoms with Crippen LogP contribution in [-0.2, 0) is 4.74 Å². The van der Waals surface area contributed by atoms with Crippen molar-refractivity contribution in [1.82, 2.24) is 4.98 Å². The van der Waals surface area contributed by atoms with Crippen LogP contribution in [0.3, 0.4) is 0 Å². The standard InChI is InChI=1S/C7H9BrN2O2/c8-6-5-12-7(9-6)10-1-3-11-4-2-10/h5H,1-4H2. The molecule has 0 aliphatic carbocycles. The van der Waals surface area contributed by atoms with Crippen LogP contribution in [0.25, 0.3) is 0 Å². The molecule has 2 heterocycles. The number of anilines is 1. The summed E-state index contributed by atoms with van der Waals surface area (Å²) in [5, 5.41) is 0. The van der Waals surface area contributed by atoms with E-state index in [0.29, 0.717) is 6.01 Å². The van der Waals surface area contributed by atoms with E-state index >= 15 is 0 Å². The van der Waals surface area contributed by atoms with Crippen molar-refractivity contribution in [2.45, 2.75) is 0 Å². The van der Waals surface area contributed by atoms with Crippen molar-refractivity contribution < 1.29 is 9.15 Å². The summed E-state index contributed by atoms with van der Waals surface area (Å²) in [4.78, 5) is 6.22. The van der Waals surface area contributed by atoms with Crippen LogP contribution in [0, 0.1) is 0 Å². The predicted molar refractivity (Wildman–Crippen MR) is 47.2 cm³/mol. The summed E-state index contributed by atoms with van der Waals surface area (Å²) in [5.74, 6) is 0. The summed E-state index contributed by atoms with van der Waals surface area (Å²) in [5.41, 5.74) is 0. The molecular weight excluding hydrogens is 224 g/mol. The number of aromatic nitrogens is 1. The van der Waals surface area contributed by atoms with Crippen molar-refractivity contribution in [3.63, 3.8) is 0 Å². The lowest BCUT2D eigenvalue weighted by molar-refractivity contribution is 0.120. The summed E-state index contributed by atoms with van der Waals surface area (Å²) in [6.45, 7) is 3.21. The minimum absolute atomic E-state index is 0.671. The minimum atomic E-state index is 0.671. The van der Waals surface area contributed by atoms with E-state index in [2.05, 4.69) is 25.8 Å². The molecule has 0 atom stereocenters. The van der Waals surface area contributed by atoms with Crippen molar-refractivity contribution in [2.24, 2.45) is 0 Å². The Hall–Kier alpha value is -0.550. The SMILES string of the molecule is Brc1coc(N2CCOCC2)n1. The fraction of sp³-hybridized carbons (Fsp3) is 0.571. The number of oxazole rings is 1. The topological polar surface area (TPSA) is 38.5 Å². The molecule has 0 bridgehead atoms. The van der Waals surface area contributed by atoms with Gasteiger partial charge in [-0.05, 0) is 15.9 Å². The largest absolute Gasteiger partial charge is 0.431 e. The second-order valence-electron chi connectivity index (χ2n) is 2.55. The maximum absolute atomic E-state index is 5.22. The molecule has 0 spiro atoms. The monoisotopic (exact) mass is 232 g/mol. The molecule has 1 aromatic rings. The highest BCUT2D eigenvalue weighted by Crippen LogP contribution is 2.17. The van der Waals surface area contributed by atoms with Crippen LogP contribution in [0.5, 0.6) is 0 Å². The first-order chi connectivity index (χ1) is 5.86. The number of halogens is 1. The number of morpholine rings is 1. The quantitative estimate of drug-likeness (QED) is 0.732. The van der Waals surface area contributed by atoms with Crippen LogP contribution in [0.15, 0.2) is 15.3 Å². The van der Waals surface area contributed by atoms with Crippen molar-refractivity contribution in [3.05, 3.63) is 10.9 Å². The minimum Gasteiger partial charge on any atom is -0.431 e. The molecule has 1 aromatic heterocycles. The van der Waals surface area contributed by atoms with Gasteiger partial charge in [-0.25, -0.2) is 0 Å². The van der Waals surface area contributed by atoms with Crippen LogP contribution < -0.4 is 4.90 Å². The van der Waals surface area contributed by atoms with Crippen molar-refractivity contribution >= 4 is 21.9 Å². The average molecular weight is 233 g/mol. The lowest BCUT2D eigenvalue weighted by Crippen LogP contribution is -2.36. The molecule has 1 aliphatic rings. The van der Waals surface area contributed by atoms with Gasteiger partial charge in [-0.15, -0.1) is 0 Å². The summed E-state index contributed by atoms with van der Waals surface area (Å²) < 4.78 is 11.2. The van der Waals surface area contributed by atoms with E-state index in [-0.39, 0.29) is 0 Å². The Morgan fingerprint density at radius 1 is 1.42 bits per heavy atom.